The number of amides is 1. The van der Waals surface area contributed by atoms with E-state index in [1.54, 1.807) is 12.3 Å². The summed E-state index contributed by atoms with van der Waals surface area (Å²) in [5.41, 5.74) is 0.879. The quantitative estimate of drug-likeness (QED) is 0.545. The largest absolute Gasteiger partial charge is 1.00 e. The van der Waals surface area contributed by atoms with E-state index in [1.165, 1.54) is 30.3 Å². The predicted octanol–water partition coefficient (Wildman–Crippen LogP) is 1.27. The molecule has 0 fully saturated rings. The second-order valence-corrected chi connectivity index (χ2v) is 6.84. The molecule has 1 N–H and O–H groups in total. The van der Waals surface area contributed by atoms with Gasteiger partial charge in [0.05, 0.1) is 28.8 Å². The number of nitrogens with zero attached hydrogens (tertiary/aromatic N) is 1. The van der Waals surface area contributed by atoms with Crippen LogP contribution in [0.2, 0.25) is 10.0 Å². The van der Waals surface area contributed by atoms with Gasteiger partial charge < -0.3 is 20.0 Å². The van der Waals surface area contributed by atoms with E-state index in [1.807, 2.05) is 18.2 Å². The molecule has 1 heterocycles. The van der Waals surface area contributed by atoms with Gasteiger partial charge in [0.2, 0.25) is 0 Å². The molecule has 3 aromatic rings. The van der Waals surface area contributed by atoms with Crippen LogP contribution in [0.5, 0.6) is 5.75 Å². The first kappa shape index (κ1) is 26.5. The van der Waals surface area contributed by atoms with Crippen molar-refractivity contribution in [3.63, 3.8) is 0 Å². The van der Waals surface area contributed by atoms with E-state index in [4.69, 9.17) is 27.9 Å². The van der Waals surface area contributed by atoms with Crippen molar-refractivity contribution in [1.82, 2.24) is 4.98 Å². The average molecular weight is 453 g/mol. The Labute approximate surface area is 202 Å². The Balaban J connectivity index is 0.00000240. The predicted molar refractivity (Wildman–Crippen MR) is 115 cm³/mol. The maximum absolute atomic E-state index is 12.4. The third kappa shape index (κ3) is 7.30. The summed E-state index contributed by atoms with van der Waals surface area (Å²) in [6.45, 7) is 0.315. The number of benzene rings is 2. The molecule has 0 atom stereocenters. The number of ether oxygens (including phenoxy) is 1. The maximum Gasteiger partial charge on any atom is 1.00 e. The Morgan fingerprint density at radius 3 is 2.45 bits per heavy atom. The Morgan fingerprint density at radius 1 is 1.03 bits per heavy atom. The average Bonchev–Trinajstić information content (AvgIpc) is 2.69. The van der Waals surface area contributed by atoms with Crippen LogP contribution >= 0.6 is 23.2 Å². The number of aromatic carboxylic acids is 1. The summed E-state index contributed by atoms with van der Waals surface area (Å²) < 4.78 is 5.60. The van der Waals surface area contributed by atoms with E-state index in [9.17, 15) is 14.7 Å². The molecule has 0 aliphatic rings. The van der Waals surface area contributed by atoms with Crippen LogP contribution in [0.1, 0.15) is 33.8 Å². The van der Waals surface area contributed by atoms with Gasteiger partial charge in [-0.15, -0.1) is 0 Å². The second kappa shape index (κ2) is 12.4. The van der Waals surface area contributed by atoms with Gasteiger partial charge in [0, 0.05) is 28.9 Å². The summed E-state index contributed by atoms with van der Waals surface area (Å²) in [5, 5.41) is 14.6. The van der Waals surface area contributed by atoms with Gasteiger partial charge >= 0.3 is 18.9 Å². The molecule has 6 nitrogen and oxygen atoms in total. The SMILES string of the molecule is C.O=C(Nc1ccc(OCCc2ccccn2)cc1C(=O)[O-])c1ccc(Cl)cc1Cl.[Li+]. The molecular weight excluding hydrogens is 434 g/mol. The van der Waals surface area contributed by atoms with Crippen molar-refractivity contribution in [3.8, 4) is 5.75 Å². The molecule has 0 radical (unpaired) electrons. The second-order valence-electron chi connectivity index (χ2n) is 5.99. The molecule has 0 aliphatic heterocycles. The van der Waals surface area contributed by atoms with Gasteiger partial charge in [-0.2, -0.15) is 0 Å². The van der Waals surface area contributed by atoms with Crippen molar-refractivity contribution in [2.24, 2.45) is 0 Å². The van der Waals surface area contributed by atoms with Gasteiger partial charge in [-0.1, -0.05) is 36.7 Å². The number of anilines is 1. The van der Waals surface area contributed by atoms with Crippen molar-refractivity contribution < 1.29 is 38.3 Å². The van der Waals surface area contributed by atoms with Crippen LogP contribution < -0.4 is 34.0 Å². The number of carbonyl (C=O) groups excluding carboxylic acids is 2. The van der Waals surface area contributed by atoms with Crippen molar-refractivity contribution in [3.05, 3.63) is 87.7 Å². The van der Waals surface area contributed by atoms with Crippen LogP contribution in [0.3, 0.4) is 0 Å². The zero-order valence-corrected chi connectivity index (χ0v) is 17.5. The van der Waals surface area contributed by atoms with Gasteiger partial charge in [-0.05, 0) is 48.5 Å². The van der Waals surface area contributed by atoms with Crippen molar-refractivity contribution in [2.75, 3.05) is 11.9 Å². The van der Waals surface area contributed by atoms with E-state index in [0.717, 1.165) is 5.69 Å². The molecule has 0 spiro atoms. The number of carboxylic acid groups (broad SMARTS) is 1. The molecule has 0 unspecified atom stereocenters. The first-order valence-corrected chi connectivity index (χ1v) is 9.34. The molecule has 156 valence electrons. The number of nitrogens with one attached hydrogen (secondary N) is 1. The molecule has 2 aromatic carbocycles. The monoisotopic (exact) mass is 452 g/mol. The minimum absolute atomic E-state index is 0. The normalized spacial score (nSPS) is 9.74. The van der Waals surface area contributed by atoms with E-state index < -0.39 is 11.9 Å². The number of hydrogen-bond acceptors (Lipinski definition) is 5. The molecule has 0 bridgehead atoms. The molecule has 0 aliphatic carbocycles. The third-order valence-electron chi connectivity index (χ3n) is 3.99. The van der Waals surface area contributed by atoms with Crippen molar-refractivity contribution in [1.29, 1.82) is 0 Å². The fourth-order valence-electron chi connectivity index (χ4n) is 2.57. The number of hydrogen-bond donors (Lipinski definition) is 1. The van der Waals surface area contributed by atoms with E-state index >= 15 is 0 Å². The Hall–Kier alpha value is -2.49. The molecule has 0 saturated heterocycles. The Morgan fingerprint density at radius 2 is 1.81 bits per heavy atom. The maximum atomic E-state index is 12.4. The summed E-state index contributed by atoms with van der Waals surface area (Å²) in [6.07, 6.45) is 2.25. The third-order valence-corrected chi connectivity index (χ3v) is 4.54. The van der Waals surface area contributed by atoms with Gasteiger partial charge in [-0.3, -0.25) is 9.78 Å². The minimum Gasteiger partial charge on any atom is -0.545 e. The summed E-state index contributed by atoms with van der Waals surface area (Å²) in [4.78, 5) is 28.2. The standard InChI is InChI=1S/C21H16Cl2N2O4.CH4.Li/c22-13-4-6-16(18(23)11-13)20(26)25-19-7-5-15(12-17(19)21(27)28)29-10-8-14-3-1-2-9-24-14;;/h1-7,9,11-12H,8,10H2,(H,25,26)(H,27,28);1H4;/q;;+1/p-1. The van der Waals surface area contributed by atoms with Gasteiger partial charge in [0.25, 0.3) is 5.91 Å². The molecule has 3 rings (SSSR count). The molecular formula is C22H19Cl2LiN2O4. The summed E-state index contributed by atoms with van der Waals surface area (Å²) in [6, 6.07) is 14.3. The zero-order chi connectivity index (χ0) is 20.8. The van der Waals surface area contributed by atoms with Crippen molar-refractivity contribution in [2.45, 2.75) is 13.8 Å². The van der Waals surface area contributed by atoms with Crippen LogP contribution in [-0.2, 0) is 6.42 Å². The Kier molecular flexibility index (Phi) is 10.6. The molecule has 9 heteroatoms. The topological polar surface area (TPSA) is 91.3 Å². The summed E-state index contributed by atoms with van der Waals surface area (Å²) >= 11 is 11.9. The number of aromatic nitrogens is 1. The fraction of sp³-hybridized carbons (Fsp3) is 0.136. The minimum atomic E-state index is -1.45. The smallest absolute Gasteiger partial charge is 0.545 e. The van der Waals surface area contributed by atoms with E-state index in [2.05, 4.69) is 10.3 Å². The van der Waals surface area contributed by atoms with Crippen LogP contribution in [-0.4, -0.2) is 23.5 Å². The fourth-order valence-corrected chi connectivity index (χ4v) is 3.07. The molecule has 0 saturated carbocycles. The molecule has 31 heavy (non-hydrogen) atoms. The van der Waals surface area contributed by atoms with E-state index in [-0.39, 0.29) is 48.1 Å². The van der Waals surface area contributed by atoms with Gasteiger partial charge in [-0.25, -0.2) is 0 Å². The van der Waals surface area contributed by atoms with Crippen LogP contribution in [0, 0.1) is 0 Å². The summed E-state index contributed by atoms with van der Waals surface area (Å²) in [5.74, 6) is -1.68. The van der Waals surface area contributed by atoms with Crippen molar-refractivity contribution >= 4 is 40.8 Å². The van der Waals surface area contributed by atoms with Crippen LogP contribution in [0.4, 0.5) is 5.69 Å². The first-order chi connectivity index (χ1) is 13.9. The Bertz CT molecular complexity index is 1050. The van der Waals surface area contributed by atoms with E-state index in [0.29, 0.717) is 23.8 Å². The zero-order valence-electron chi connectivity index (χ0n) is 16.0. The molecule has 1 amide bonds. The van der Waals surface area contributed by atoms with Gasteiger partial charge in [0.15, 0.2) is 0 Å². The molecule has 1 aromatic heterocycles. The van der Waals surface area contributed by atoms with Crippen LogP contribution in [0.25, 0.3) is 0 Å². The number of carboxylic acids is 1. The van der Waals surface area contributed by atoms with Gasteiger partial charge in [0.1, 0.15) is 5.75 Å². The first-order valence-electron chi connectivity index (χ1n) is 8.58. The number of rotatable bonds is 7. The summed E-state index contributed by atoms with van der Waals surface area (Å²) in [7, 11) is 0. The number of carbonyl (C=O) groups is 2. The number of pyridine rings is 1. The van der Waals surface area contributed by atoms with Crippen LogP contribution in [0.15, 0.2) is 60.8 Å². The number of halogens is 2.